The average molecular weight is 164 g/mol. The van der Waals surface area contributed by atoms with E-state index in [4.69, 9.17) is 9.85 Å². The minimum Gasteiger partial charge on any atom is -0.384 e. The monoisotopic (exact) mass is 164 g/mol. The molecular formula is C7H7N5. The van der Waals surface area contributed by atoms with Gasteiger partial charge in [-0.1, -0.05) is 0 Å². The molecule has 5 heteroatoms. The Hall–Kier alpha value is -1.91. The quantitative estimate of drug-likeness (QED) is 0.655. The molecule has 12 heavy (non-hydrogen) atoms. The van der Waals surface area contributed by atoms with Gasteiger partial charge in [0.25, 0.3) is 5.95 Å². The highest BCUT2D eigenvalue weighted by Crippen LogP contribution is 2.00. The second-order valence-corrected chi connectivity index (χ2v) is 2.04. The lowest BCUT2D eigenvalue weighted by atomic mass is 10.6. The van der Waals surface area contributed by atoms with Crippen LogP contribution >= 0.6 is 0 Å². The Morgan fingerprint density at radius 3 is 3.17 bits per heavy atom. The molecule has 2 aromatic rings. The van der Waals surface area contributed by atoms with E-state index < -0.39 is 0 Å². The zero-order valence-corrected chi connectivity index (χ0v) is 6.02. The third-order valence-corrected chi connectivity index (χ3v) is 1.22. The summed E-state index contributed by atoms with van der Waals surface area (Å²) in [6, 6.07) is 1.24. The molecule has 0 fully saturated rings. The number of nitrogens with zero attached hydrogens (tertiary/aromatic N) is 4. The Bertz CT molecular complexity index is 509. The zero-order valence-electron chi connectivity index (χ0n) is 9.02. The summed E-state index contributed by atoms with van der Waals surface area (Å²) in [5, 5.41) is 3.65. The summed E-state index contributed by atoms with van der Waals surface area (Å²) < 4.78 is 23.1. The van der Waals surface area contributed by atoms with E-state index in [0.717, 1.165) is 4.68 Å². The second-order valence-electron chi connectivity index (χ2n) is 2.04. The Kier molecular flexibility index (Phi) is 0.914. The zero-order chi connectivity index (χ0) is 11.0. The maximum atomic E-state index is 7.50. The number of hydrogen-bond acceptors (Lipinski definition) is 4. The molecule has 0 aliphatic heterocycles. The van der Waals surface area contributed by atoms with Crippen molar-refractivity contribution in [2.45, 2.75) is 0 Å². The van der Waals surface area contributed by atoms with E-state index in [2.05, 4.69) is 15.1 Å². The lowest BCUT2D eigenvalue weighted by Crippen LogP contribution is -2.02. The lowest BCUT2D eigenvalue weighted by molar-refractivity contribution is 0.810. The molecule has 0 saturated heterocycles. The maximum absolute atomic E-state index is 7.50. The van der Waals surface area contributed by atoms with Crippen molar-refractivity contribution in [2.24, 2.45) is 0 Å². The van der Waals surface area contributed by atoms with E-state index in [-0.39, 0.29) is 30.2 Å². The van der Waals surface area contributed by atoms with Gasteiger partial charge in [0, 0.05) is 18.5 Å². The van der Waals surface area contributed by atoms with Crippen LogP contribution in [0.2, 0.25) is 0 Å². The fourth-order valence-corrected chi connectivity index (χ4v) is 0.737. The number of anilines is 1. The van der Waals surface area contributed by atoms with E-state index in [1.165, 1.54) is 12.3 Å². The van der Waals surface area contributed by atoms with E-state index in [9.17, 15) is 0 Å². The van der Waals surface area contributed by atoms with Crippen LogP contribution in [0.15, 0.2) is 30.7 Å². The van der Waals surface area contributed by atoms with Crippen LogP contribution in [0.4, 0.5) is 5.82 Å². The van der Waals surface area contributed by atoms with Gasteiger partial charge in [0.05, 0.1) is 4.11 Å². The standard InChI is InChI=1S/C7H7N5/c8-6-2-4-9-7(11-6)12-5-1-3-10-12/h1-5H,(H2,8,9,11)/i1D,3D,5D. The van der Waals surface area contributed by atoms with Gasteiger partial charge in [-0.2, -0.15) is 10.1 Å². The first-order valence-electron chi connectivity index (χ1n) is 4.71. The number of hydrogen-bond donors (Lipinski definition) is 1. The van der Waals surface area contributed by atoms with Gasteiger partial charge in [-0.25, -0.2) is 9.67 Å². The van der Waals surface area contributed by atoms with Gasteiger partial charge in [-0.3, -0.25) is 0 Å². The molecule has 0 amide bonds. The van der Waals surface area contributed by atoms with Crippen molar-refractivity contribution in [3.63, 3.8) is 0 Å². The molecule has 0 spiro atoms. The van der Waals surface area contributed by atoms with Gasteiger partial charge in [0.1, 0.15) is 5.82 Å². The number of rotatable bonds is 1. The van der Waals surface area contributed by atoms with Gasteiger partial charge in [0.15, 0.2) is 0 Å². The van der Waals surface area contributed by atoms with Gasteiger partial charge >= 0.3 is 0 Å². The predicted octanol–water partition coefficient (Wildman–Crippen LogP) is 0.245. The molecule has 2 heterocycles. The fraction of sp³-hybridized carbons (Fsp3) is 0. The molecule has 0 aliphatic rings. The molecule has 0 unspecified atom stereocenters. The maximum Gasteiger partial charge on any atom is 0.252 e. The summed E-state index contributed by atoms with van der Waals surface area (Å²) in [5.41, 5.74) is 5.44. The molecule has 0 aliphatic carbocycles. The lowest BCUT2D eigenvalue weighted by Gasteiger charge is -1.98. The van der Waals surface area contributed by atoms with Crippen LogP contribution in [0.5, 0.6) is 0 Å². The first-order chi connectivity index (χ1) is 7.09. The summed E-state index contributed by atoms with van der Waals surface area (Å²) >= 11 is 0. The molecule has 2 N–H and O–H groups in total. The van der Waals surface area contributed by atoms with Gasteiger partial charge in [-0.05, 0) is 12.1 Å². The molecule has 60 valence electrons. The molecule has 0 aromatic carbocycles. The summed E-state index contributed by atoms with van der Waals surface area (Å²) in [4.78, 5) is 7.69. The largest absolute Gasteiger partial charge is 0.384 e. The molecule has 0 atom stereocenters. The minimum atomic E-state index is -0.286. The van der Waals surface area contributed by atoms with E-state index in [0.29, 0.717) is 0 Å². The summed E-state index contributed by atoms with van der Waals surface area (Å²) in [7, 11) is 0. The molecular weight excluding hydrogens is 154 g/mol. The second kappa shape index (κ2) is 2.61. The summed E-state index contributed by atoms with van der Waals surface area (Å²) in [6.07, 6.45) is 0.906. The van der Waals surface area contributed by atoms with Crippen molar-refractivity contribution in [3.05, 3.63) is 30.7 Å². The Morgan fingerprint density at radius 2 is 2.50 bits per heavy atom. The Morgan fingerprint density at radius 1 is 1.58 bits per heavy atom. The number of nitrogen functional groups attached to an aromatic ring is 1. The van der Waals surface area contributed by atoms with Crippen molar-refractivity contribution < 1.29 is 4.11 Å². The number of nitrogens with two attached hydrogens (primary N) is 1. The minimum absolute atomic E-state index is 0.0898. The summed E-state index contributed by atoms with van der Waals surface area (Å²) in [6.45, 7) is 0. The van der Waals surface area contributed by atoms with E-state index in [1.807, 2.05) is 0 Å². The van der Waals surface area contributed by atoms with Crippen LogP contribution in [0.1, 0.15) is 4.11 Å². The van der Waals surface area contributed by atoms with Gasteiger partial charge in [0.2, 0.25) is 0 Å². The number of aromatic nitrogens is 4. The first-order valence-corrected chi connectivity index (χ1v) is 3.21. The molecule has 5 nitrogen and oxygen atoms in total. The highest BCUT2D eigenvalue weighted by molar-refractivity contribution is 5.28. The van der Waals surface area contributed by atoms with Crippen LogP contribution in [-0.4, -0.2) is 19.7 Å². The molecule has 2 aromatic heterocycles. The van der Waals surface area contributed by atoms with E-state index in [1.54, 1.807) is 0 Å². The third-order valence-electron chi connectivity index (χ3n) is 1.22. The topological polar surface area (TPSA) is 69.6 Å². The Labute approximate surface area is 73.1 Å². The van der Waals surface area contributed by atoms with Crippen LogP contribution in [0.25, 0.3) is 5.95 Å². The van der Waals surface area contributed by atoms with Gasteiger partial charge < -0.3 is 5.73 Å². The van der Waals surface area contributed by atoms with Crippen molar-refractivity contribution in [2.75, 3.05) is 5.73 Å². The van der Waals surface area contributed by atoms with Crippen molar-refractivity contribution in [1.29, 1.82) is 0 Å². The molecule has 0 saturated carbocycles. The molecule has 0 bridgehead atoms. The first kappa shape index (κ1) is 4.20. The third kappa shape index (κ3) is 1.12. The Balaban J connectivity index is 2.59. The highest BCUT2D eigenvalue weighted by Gasteiger charge is 1.97. The normalized spacial score (nSPS) is 13.5. The SMILES string of the molecule is [2H]c1nn(-c2nccc(N)n2)c([2H])c1[2H]. The molecule has 0 radical (unpaired) electrons. The predicted molar refractivity (Wildman–Crippen MR) is 43.6 cm³/mol. The van der Waals surface area contributed by atoms with Gasteiger partial charge in [-0.15, -0.1) is 0 Å². The highest BCUT2D eigenvalue weighted by atomic mass is 15.3. The van der Waals surface area contributed by atoms with Crippen molar-refractivity contribution in [3.8, 4) is 5.95 Å². The fourth-order valence-electron chi connectivity index (χ4n) is 0.737. The van der Waals surface area contributed by atoms with Crippen LogP contribution < -0.4 is 5.73 Å². The van der Waals surface area contributed by atoms with Crippen molar-refractivity contribution >= 4 is 5.82 Å². The van der Waals surface area contributed by atoms with E-state index >= 15 is 0 Å². The van der Waals surface area contributed by atoms with Crippen LogP contribution in [0, 0.1) is 0 Å². The average Bonchev–Trinajstić information content (AvgIpc) is 2.46. The molecule has 2 rings (SSSR count). The van der Waals surface area contributed by atoms with Crippen LogP contribution in [-0.2, 0) is 0 Å². The summed E-state index contributed by atoms with van der Waals surface area (Å²) in [5.74, 6) is 0.333. The smallest absolute Gasteiger partial charge is 0.252 e. The van der Waals surface area contributed by atoms with Crippen molar-refractivity contribution in [1.82, 2.24) is 19.7 Å². The van der Waals surface area contributed by atoms with Crippen LogP contribution in [0.3, 0.4) is 0 Å².